The van der Waals surface area contributed by atoms with Crippen molar-refractivity contribution < 1.29 is 13.6 Å². The molecule has 3 aromatic carbocycles. The van der Waals surface area contributed by atoms with Crippen LogP contribution in [0.4, 0.5) is 10.4 Å². The van der Waals surface area contributed by atoms with Crippen LogP contribution in [-0.2, 0) is 11.2 Å². The van der Waals surface area contributed by atoms with Crippen molar-refractivity contribution in [3.05, 3.63) is 107 Å². The lowest BCUT2D eigenvalue weighted by atomic mass is 9.94. The van der Waals surface area contributed by atoms with Gasteiger partial charge < -0.3 is 9.73 Å². The van der Waals surface area contributed by atoms with Crippen LogP contribution < -0.4 is 5.32 Å². The number of ketones is 1. The van der Waals surface area contributed by atoms with Crippen molar-refractivity contribution in [2.24, 2.45) is 0 Å². The lowest BCUT2D eigenvalue weighted by Crippen LogP contribution is -2.28. The first-order valence-corrected chi connectivity index (χ1v) is 9.91. The molecule has 1 aromatic heterocycles. The van der Waals surface area contributed by atoms with Crippen LogP contribution >= 0.6 is 0 Å². The fourth-order valence-corrected chi connectivity index (χ4v) is 3.70. The average molecular weight is 411 g/mol. The number of nitrogens with one attached hydrogen (secondary N) is 1. The Labute approximate surface area is 178 Å². The molecular formula is C25H18FN3O2. The maximum absolute atomic E-state index is 13.2. The van der Waals surface area contributed by atoms with E-state index < -0.39 is 6.04 Å². The molecule has 0 amide bonds. The van der Waals surface area contributed by atoms with Gasteiger partial charge in [-0.15, -0.1) is 5.10 Å². The van der Waals surface area contributed by atoms with E-state index in [2.05, 4.69) is 15.5 Å². The molecule has 1 N–H and O–H groups in total. The summed E-state index contributed by atoms with van der Waals surface area (Å²) in [6.07, 6.45) is 2.20. The summed E-state index contributed by atoms with van der Waals surface area (Å²) < 4.78 is 18.8. The Hall–Kier alpha value is -4.06. The summed E-state index contributed by atoms with van der Waals surface area (Å²) >= 11 is 0. The van der Waals surface area contributed by atoms with E-state index in [0.717, 1.165) is 22.3 Å². The molecule has 5 nitrogen and oxygen atoms in total. The monoisotopic (exact) mass is 411 g/mol. The predicted octanol–water partition coefficient (Wildman–Crippen LogP) is 4.91. The normalized spacial score (nSPS) is 15.7. The number of hydrogen-bond acceptors (Lipinski definition) is 5. The van der Waals surface area contributed by atoms with Gasteiger partial charge in [-0.05, 0) is 52.6 Å². The summed E-state index contributed by atoms with van der Waals surface area (Å²) in [6, 6.07) is 23.2. The van der Waals surface area contributed by atoms with Crippen molar-refractivity contribution in [2.45, 2.75) is 12.5 Å². The molecule has 0 aliphatic heterocycles. The summed E-state index contributed by atoms with van der Waals surface area (Å²) in [5, 5.41) is 11.1. The Morgan fingerprint density at radius 1 is 0.871 bits per heavy atom. The van der Waals surface area contributed by atoms with Gasteiger partial charge in [-0.3, -0.25) is 4.79 Å². The molecule has 0 fully saturated rings. The van der Waals surface area contributed by atoms with E-state index in [9.17, 15) is 9.18 Å². The molecule has 31 heavy (non-hydrogen) atoms. The maximum Gasteiger partial charge on any atom is 0.316 e. The molecule has 0 radical (unpaired) electrons. The lowest BCUT2D eigenvalue weighted by molar-refractivity contribution is -0.118. The van der Waals surface area contributed by atoms with Crippen molar-refractivity contribution in [1.29, 1.82) is 0 Å². The van der Waals surface area contributed by atoms with Crippen molar-refractivity contribution in [2.75, 3.05) is 5.32 Å². The Kier molecular flexibility index (Phi) is 4.88. The Morgan fingerprint density at radius 3 is 2.42 bits per heavy atom. The first kappa shape index (κ1) is 18.9. The molecule has 1 aliphatic rings. The van der Waals surface area contributed by atoms with Crippen LogP contribution in [0.3, 0.4) is 0 Å². The van der Waals surface area contributed by atoms with E-state index in [-0.39, 0.29) is 23.5 Å². The molecule has 0 bridgehead atoms. The minimum absolute atomic E-state index is 0.0000803. The van der Waals surface area contributed by atoms with Gasteiger partial charge in [-0.1, -0.05) is 59.7 Å². The topological polar surface area (TPSA) is 68.0 Å². The zero-order chi connectivity index (χ0) is 21.2. The summed E-state index contributed by atoms with van der Waals surface area (Å²) in [7, 11) is 0. The number of fused-ring (bicyclic) bond motifs is 1. The van der Waals surface area contributed by atoms with Gasteiger partial charge in [0.1, 0.15) is 11.9 Å². The molecule has 4 aromatic rings. The number of carbonyl (C=O) groups is 1. The zero-order valence-electron chi connectivity index (χ0n) is 16.5. The lowest BCUT2D eigenvalue weighted by Gasteiger charge is -2.12. The third kappa shape index (κ3) is 3.88. The van der Waals surface area contributed by atoms with Crippen LogP contribution in [0.15, 0.2) is 89.4 Å². The average Bonchev–Trinajstić information content (AvgIpc) is 3.21. The van der Waals surface area contributed by atoms with Gasteiger partial charge in [-0.25, -0.2) is 4.39 Å². The summed E-state index contributed by atoms with van der Waals surface area (Å²) in [6.45, 7) is 0. The number of hydrogen-bond donors (Lipinski definition) is 1. The maximum atomic E-state index is 13.2. The van der Waals surface area contributed by atoms with Crippen LogP contribution in [0.25, 0.3) is 17.0 Å². The number of anilines is 1. The van der Waals surface area contributed by atoms with Crippen LogP contribution in [-0.4, -0.2) is 22.0 Å². The van der Waals surface area contributed by atoms with Gasteiger partial charge >= 0.3 is 6.01 Å². The fraction of sp³-hybridized carbons (Fsp3) is 0.0800. The van der Waals surface area contributed by atoms with E-state index in [1.54, 1.807) is 12.1 Å². The molecule has 0 unspecified atom stereocenters. The minimum atomic E-state index is -0.635. The Morgan fingerprint density at radius 2 is 1.61 bits per heavy atom. The van der Waals surface area contributed by atoms with E-state index in [1.165, 1.54) is 12.1 Å². The Bertz CT molecular complexity index is 1260. The van der Waals surface area contributed by atoms with Crippen LogP contribution in [0.2, 0.25) is 0 Å². The standard InChI is InChI=1S/C25H18FN3O2/c26-19-12-10-17(11-13-19)24-28-29-25(31-24)27-22-15-21(16-6-2-1-3-7-16)20-9-5-4-8-18(20)14-23(22)30/h1-13,15,22H,14H2,(H,27,29)/t22-/m0/s1. The van der Waals surface area contributed by atoms with Gasteiger partial charge in [0, 0.05) is 12.0 Å². The molecule has 1 aliphatic carbocycles. The van der Waals surface area contributed by atoms with Crippen LogP contribution in [0.5, 0.6) is 0 Å². The highest BCUT2D eigenvalue weighted by molar-refractivity contribution is 5.97. The molecule has 5 rings (SSSR count). The molecule has 0 saturated carbocycles. The third-order valence-electron chi connectivity index (χ3n) is 5.23. The second-order valence-corrected chi connectivity index (χ2v) is 7.29. The highest BCUT2D eigenvalue weighted by Gasteiger charge is 2.26. The Balaban J connectivity index is 1.49. The van der Waals surface area contributed by atoms with Crippen LogP contribution in [0, 0.1) is 5.82 Å². The van der Waals surface area contributed by atoms with Gasteiger partial charge in [-0.2, -0.15) is 0 Å². The SMILES string of the molecule is O=C1Cc2ccccc2C(c2ccccc2)=C[C@@H]1Nc1nnc(-c2ccc(F)cc2)o1. The highest BCUT2D eigenvalue weighted by atomic mass is 19.1. The number of benzene rings is 3. The van der Waals surface area contributed by atoms with Crippen molar-refractivity contribution in [1.82, 2.24) is 10.2 Å². The van der Waals surface area contributed by atoms with E-state index in [4.69, 9.17) is 4.42 Å². The number of rotatable bonds is 4. The first-order chi connectivity index (χ1) is 15.2. The van der Waals surface area contributed by atoms with Crippen LogP contribution in [0.1, 0.15) is 16.7 Å². The fourth-order valence-electron chi connectivity index (χ4n) is 3.70. The van der Waals surface area contributed by atoms with Crippen molar-refractivity contribution >= 4 is 17.4 Å². The summed E-state index contributed by atoms with van der Waals surface area (Å²) in [5.74, 6) is -0.0946. The number of carbonyl (C=O) groups excluding carboxylic acids is 1. The van der Waals surface area contributed by atoms with Gasteiger partial charge in [0.2, 0.25) is 5.89 Å². The third-order valence-corrected chi connectivity index (χ3v) is 5.23. The zero-order valence-corrected chi connectivity index (χ0v) is 16.5. The highest BCUT2D eigenvalue weighted by Crippen LogP contribution is 2.31. The number of nitrogens with zero attached hydrogens (tertiary/aromatic N) is 2. The number of aromatic nitrogens is 2. The number of Topliss-reactive ketones (excluding diaryl/α,β-unsaturated/α-hetero) is 1. The van der Waals surface area contributed by atoms with Gasteiger partial charge in [0.05, 0.1) is 0 Å². The molecule has 152 valence electrons. The minimum Gasteiger partial charge on any atom is -0.403 e. The molecule has 0 spiro atoms. The largest absolute Gasteiger partial charge is 0.403 e. The smallest absolute Gasteiger partial charge is 0.316 e. The van der Waals surface area contributed by atoms with Crippen molar-refractivity contribution in [3.63, 3.8) is 0 Å². The second kappa shape index (κ2) is 7.99. The van der Waals surface area contributed by atoms with E-state index in [1.807, 2.05) is 60.7 Å². The summed E-state index contributed by atoms with van der Waals surface area (Å²) in [5.41, 5.74) is 4.60. The molecule has 1 heterocycles. The number of halogens is 1. The first-order valence-electron chi connectivity index (χ1n) is 9.91. The van der Waals surface area contributed by atoms with E-state index in [0.29, 0.717) is 12.0 Å². The molecule has 1 atom stereocenters. The quantitative estimate of drug-likeness (QED) is 0.517. The second-order valence-electron chi connectivity index (χ2n) is 7.29. The van der Waals surface area contributed by atoms with E-state index >= 15 is 0 Å². The molecule has 6 heteroatoms. The predicted molar refractivity (Wildman–Crippen MR) is 116 cm³/mol. The van der Waals surface area contributed by atoms with Crippen molar-refractivity contribution in [3.8, 4) is 11.5 Å². The van der Waals surface area contributed by atoms with Gasteiger partial charge in [0.25, 0.3) is 0 Å². The van der Waals surface area contributed by atoms with Gasteiger partial charge in [0.15, 0.2) is 5.78 Å². The molecule has 0 saturated heterocycles. The summed E-state index contributed by atoms with van der Waals surface area (Å²) in [4.78, 5) is 13.0. The molecular weight excluding hydrogens is 393 g/mol.